The van der Waals surface area contributed by atoms with Crippen molar-refractivity contribution in [3.8, 4) is 0 Å². The fraction of sp³-hybridized carbons (Fsp3) is 0.462. The third-order valence-corrected chi connectivity index (χ3v) is 2.71. The van der Waals surface area contributed by atoms with Gasteiger partial charge in [0, 0.05) is 5.69 Å². The van der Waals surface area contributed by atoms with Crippen LogP contribution in [0, 0.1) is 12.8 Å². The van der Waals surface area contributed by atoms with Crippen LogP contribution in [-0.4, -0.2) is 30.0 Å². The first-order valence-corrected chi connectivity index (χ1v) is 5.98. The number of nitrogens with one attached hydrogen (secondary N) is 1. The first-order chi connectivity index (χ1) is 8.86. The zero-order valence-corrected chi connectivity index (χ0v) is 11.6. The van der Waals surface area contributed by atoms with Gasteiger partial charge in [-0.2, -0.15) is 0 Å². The summed E-state index contributed by atoms with van der Waals surface area (Å²) in [6.45, 7) is 5.53. The summed E-state index contributed by atoms with van der Waals surface area (Å²) in [4.78, 5) is 27.3. The lowest BCUT2D eigenvalue weighted by Gasteiger charge is -2.21. The van der Waals surface area contributed by atoms with E-state index in [1.165, 1.54) is 7.11 Å². The maximum atomic E-state index is 11.7. The van der Waals surface area contributed by atoms with Crippen LogP contribution >= 0.6 is 0 Å². The normalized spacial score (nSPS) is 12.1. The molecule has 0 saturated heterocycles. The van der Waals surface area contributed by atoms with Gasteiger partial charge in [-0.05, 0) is 25.0 Å². The van der Waals surface area contributed by atoms with Gasteiger partial charge < -0.3 is 15.8 Å². The summed E-state index contributed by atoms with van der Waals surface area (Å²) in [5.74, 6) is -0.719. The van der Waals surface area contributed by atoms with Crippen molar-refractivity contribution >= 4 is 17.7 Å². The molecule has 6 nitrogen and oxygen atoms in total. The molecular formula is C13H19N3O3. The number of rotatable bonds is 5. The molecule has 1 unspecified atom stereocenters. The summed E-state index contributed by atoms with van der Waals surface area (Å²) >= 11 is 0. The summed E-state index contributed by atoms with van der Waals surface area (Å²) in [5.41, 5.74) is 6.26. The number of ether oxygens (including phenoxy) is 1. The van der Waals surface area contributed by atoms with E-state index in [0.29, 0.717) is 5.82 Å². The van der Waals surface area contributed by atoms with Gasteiger partial charge in [0.2, 0.25) is 0 Å². The van der Waals surface area contributed by atoms with E-state index in [0.717, 1.165) is 5.69 Å². The number of anilines is 1. The van der Waals surface area contributed by atoms with Crippen LogP contribution < -0.4 is 11.1 Å². The Morgan fingerprint density at radius 2 is 2.00 bits per heavy atom. The number of aryl methyl sites for hydroxylation is 1. The quantitative estimate of drug-likeness (QED) is 0.777. The molecule has 0 aromatic carbocycles. The van der Waals surface area contributed by atoms with E-state index in [1.54, 1.807) is 19.1 Å². The van der Waals surface area contributed by atoms with Crippen molar-refractivity contribution in [2.24, 2.45) is 11.7 Å². The number of esters is 1. The molecule has 0 saturated carbocycles. The highest BCUT2D eigenvalue weighted by Gasteiger charge is 2.25. The molecule has 1 aromatic heterocycles. The molecule has 1 atom stereocenters. The maximum absolute atomic E-state index is 11.7. The second-order valence-electron chi connectivity index (χ2n) is 4.60. The number of pyridine rings is 1. The molecule has 1 aromatic rings. The summed E-state index contributed by atoms with van der Waals surface area (Å²) in [7, 11) is 1.32. The highest BCUT2D eigenvalue weighted by molar-refractivity contribution is 5.98. The number of carbonyl (C=O) groups excluding carboxylic acids is 2. The second-order valence-corrected chi connectivity index (χ2v) is 4.60. The van der Waals surface area contributed by atoms with Gasteiger partial charge in [0.05, 0.1) is 12.7 Å². The molecule has 104 valence electrons. The minimum atomic E-state index is -0.595. The number of aromatic nitrogens is 1. The summed E-state index contributed by atoms with van der Waals surface area (Å²) in [5, 5.41) is 2.93. The number of hydrogen-bond acceptors (Lipinski definition) is 5. The van der Waals surface area contributed by atoms with Crippen LogP contribution in [0.3, 0.4) is 0 Å². The Kier molecular flexibility index (Phi) is 4.86. The second kappa shape index (κ2) is 6.17. The first-order valence-electron chi connectivity index (χ1n) is 5.98. The largest absolute Gasteiger partial charge is 0.467 e. The monoisotopic (exact) mass is 265 g/mol. The van der Waals surface area contributed by atoms with E-state index in [2.05, 4.69) is 10.3 Å². The number of carbonyl (C=O) groups is 2. The van der Waals surface area contributed by atoms with Gasteiger partial charge in [0.1, 0.15) is 11.9 Å². The molecule has 0 aliphatic rings. The van der Waals surface area contributed by atoms with Gasteiger partial charge in [-0.15, -0.1) is 0 Å². The van der Waals surface area contributed by atoms with Gasteiger partial charge in [0.25, 0.3) is 5.91 Å². The lowest BCUT2D eigenvalue weighted by atomic mass is 10.0. The Balaban J connectivity index is 3.11. The first kappa shape index (κ1) is 14.9. The standard InChI is InChI=1S/C13H19N3O3/c1-7(2)10(13(18)19-4)16-12-9(11(14)17)6-5-8(3)15-12/h5-7,10H,1-4H3,(H2,14,17)(H,15,16). The van der Waals surface area contributed by atoms with Crippen molar-refractivity contribution in [2.75, 3.05) is 12.4 Å². The molecule has 0 aliphatic carbocycles. The Hall–Kier alpha value is -2.11. The number of hydrogen-bond donors (Lipinski definition) is 2. The summed E-state index contributed by atoms with van der Waals surface area (Å²) < 4.78 is 4.73. The molecule has 1 rings (SSSR count). The molecule has 0 aliphatic heterocycles. The predicted molar refractivity (Wildman–Crippen MR) is 71.8 cm³/mol. The third-order valence-electron chi connectivity index (χ3n) is 2.71. The molecule has 0 bridgehead atoms. The van der Waals surface area contributed by atoms with Crippen molar-refractivity contribution in [1.82, 2.24) is 4.98 Å². The van der Waals surface area contributed by atoms with E-state index < -0.39 is 17.9 Å². The fourth-order valence-corrected chi connectivity index (χ4v) is 1.64. The minimum Gasteiger partial charge on any atom is -0.467 e. The lowest BCUT2D eigenvalue weighted by Crippen LogP contribution is -2.36. The topological polar surface area (TPSA) is 94.3 Å². The van der Waals surface area contributed by atoms with Gasteiger partial charge in [-0.25, -0.2) is 9.78 Å². The van der Waals surface area contributed by atoms with E-state index in [9.17, 15) is 9.59 Å². The van der Waals surface area contributed by atoms with Crippen LogP contribution in [0.15, 0.2) is 12.1 Å². The molecule has 1 heterocycles. The van der Waals surface area contributed by atoms with Crippen molar-refractivity contribution in [1.29, 1.82) is 0 Å². The Morgan fingerprint density at radius 3 is 2.47 bits per heavy atom. The number of methoxy groups -OCH3 is 1. The highest BCUT2D eigenvalue weighted by Crippen LogP contribution is 2.17. The number of primary amides is 1. The maximum Gasteiger partial charge on any atom is 0.328 e. The molecule has 6 heteroatoms. The van der Waals surface area contributed by atoms with Gasteiger partial charge in [-0.1, -0.05) is 13.8 Å². The smallest absolute Gasteiger partial charge is 0.328 e. The molecule has 0 fully saturated rings. The zero-order valence-electron chi connectivity index (χ0n) is 11.6. The van der Waals surface area contributed by atoms with Crippen LogP contribution in [0.5, 0.6) is 0 Å². The molecule has 19 heavy (non-hydrogen) atoms. The van der Waals surface area contributed by atoms with Crippen LogP contribution in [0.4, 0.5) is 5.82 Å². The zero-order chi connectivity index (χ0) is 14.6. The highest BCUT2D eigenvalue weighted by atomic mass is 16.5. The number of amides is 1. The SMILES string of the molecule is COC(=O)C(Nc1nc(C)ccc1C(N)=O)C(C)C. The summed E-state index contributed by atoms with van der Waals surface area (Å²) in [6, 6.07) is 2.69. The van der Waals surface area contributed by atoms with E-state index in [1.807, 2.05) is 13.8 Å². The van der Waals surface area contributed by atoms with Crippen LogP contribution in [-0.2, 0) is 9.53 Å². The fourth-order valence-electron chi connectivity index (χ4n) is 1.64. The number of nitrogens with zero attached hydrogens (tertiary/aromatic N) is 1. The van der Waals surface area contributed by atoms with Crippen LogP contribution in [0.25, 0.3) is 0 Å². The molecule has 1 amide bonds. The Bertz CT molecular complexity index is 486. The van der Waals surface area contributed by atoms with Gasteiger partial charge in [-0.3, -0.25) is 4.79 Å². The van der Waals surface area contributed by atoms with E-state index in [4.69, 9.17) is 10.5 Å². The average molecular weight is 265 g/mol. The van der Waals surface area contributed by atoms with E-state index >= 15 is 0 Å². The molecule has 0 spiro atoms. The van der Waals surface area contributed by atoms with E-state index in [-0.39, 0.29) is 11.5 Å². The molecule has 3 N–H and O–H groups in total. The van der Waals surface area contributed by atoms with Gasteiger partial charge in [0.15, 0.2) is 0 Å². The van der Waals surface area contributed by atoms with Crippen LogP contribution in [0.1, 0.15) is 29.9 Å². The number of nitrogens with two attached hydrogens (primary N) is 1. The minimum absolute atomic E-state index is 0.0181. The van der Waals surface area contributed by atoms with Crippen molar-refractivity contribution in [3.63, 3.8) is 0 Å². The van der Waals surface area contributed by atoms with Crippen molar-refractivity contribution in [2.45, 2.75) is 26.8 Å². The Morgan fingerprint density at radius 1 is 1.37 bits per heavy atom. The molecular weight excluding hydrogens is 246 g/mol. The van der Waals surface area contributed by atoms with Crippen molar-refractivity contribution < 1.29 is 14.3 Å². The molecule has 0 radical (unpaired) electrons. The third kappa shape index (κ3) is 3.67. The van der Waals surface area contributed by atoms with Crippen molar-refractivity contribution in [3.05, 3.63) is 23.4 Å². The lowest BCUT2D eigenvalue weighted by molar-refractivity contribution is -0.142. The van der Waals surface area contributed by atoms with Gasteiger partial charge >= 0.3 is 5.97 Å². The Labute approximate surface area is 112 Å². The summed E-state index contributed by atoms with van der Waals surface area (Å²) in [6.07, 6.45) is 0. The average Bonchev–Trinajstić information content (AvgIpc) is 2.34. The predicted octanol–water partition coefficient (Wildman–Crippen LogP) is 1.10. The van der Waals surface area contributed by atoms with Crippen LogP contribution in [0.2, 0.25) is 0 Å².